The number of benzene rings is 1. The van der Waals surface area contributed by atoms with Gasteiger partial charge in [0.1, 0.15) is 5.82 Å². The second-order valence-electron chi connectivity index (χ2n) is 7.72. The first-order valence-corrected chi connectivity index (χ1v) is 8.86. The van der Waals surface area contributed by atoms with E-state index < -0.39 is 0 Å². The fraction of sp³-hybridized carbons (Fsp3) is 0.333. The second kappa shape index (κ2) is 6.95. The van der Waals surface area contributed by atoms with E-state index >= 15 is 0 Å². The number of carbonyl (C=O) groups excluding carboxylic acids is 1. The molecule has 2 heterocycles. The van der Waals surface area contributed by atoms with Crippen molar-refractivity contribution in [2.75, 3.05) is 5.32 Å². The molecule has 0 bridgehead atoms. The molecule has 0 aliphatic carbocycles. The topological polar surface area (TPSA) is 80.9 Å². The van der Waals surface area contributed by atoms with Crippen molar-refractivity contribution in [1.29, 1.82) is 0 Å². The van der Waals surface area contributed by atoms with Crippen molar-refractivity contribution in [3.63, 3.8) is 0 Å². The second-order valence-corrected chi connectivity index (χ2v) is 7.72. The summed E-state index contributed by atoms with van der Waals surface area (Å²) < 4.78 is 5.09. The van der Waals surface area contributed by atoms with Gasteiger partial charge >= 0.3 is 0 Å². The molecular weight excluding hydrogens is 340 g/mol. The summed E-state index contributed by atoms with van der Waals surface area (Å²) in [7, 11) is 0. The highest BCUT2D eigenvalue weighted by Crippen LogP contribution is 2.29. The van der Waals surface area contributed by atoms with Crippen molar-refractivity contribution >= 4 is 11.7 Å². The molecule has 0 fully saturated rings. The number of nitrogens with zero attached hydrogens (tertiary/aromatic N) is 3. The smallest absolute Gasteiger partial charge is 0.256 e. The van der Waals surface area contributed by atoms with Crippen molar-refractivity contribution in [3.8, 4) is 11.4 Å². The standard InChI is InChI=1S/C21H24N4O2/c1-12-11-13(2)22-18(17(12)19-23-14(3)27-25-19)24-20(26)15-7-9-16(10-8-15)21(4,5)6/h7-11H,1-6H3,(H,22,24,26). The zero-order chi connectivity index (χ0) is 19.8. The lowest BCUT2D eigenvalue weighted by Crippen LogP contribution is -2.16. The number of aromatic nitrogens is 3. The Morgan fingerprint density at radius 3 is 2.26 bits per heavy atom. The van der Waals surface area contributed by atoms with Crippen LogP contribution in [0.4, 0.5) is 5.82 Å². The molecule has 6 nitrogen and oxygen atoms in total. The van der Waals surface area contributed by atoms with Crippen LogP contribution in [-0.2, 0) is 5.41 Å². The Kier molecular flexibility index (Phi) is 4.83. The molecule has 1 aromatic carbocycles. The van der Waals surface area contributed by atoms with Gasteiger partial charge in [-0.15, -0.1) is 0 Å². The minimum atomic E-state index is -0.227. The lowest BCUT2D eigenvalue weighted by molar-refractivity contribution is 0.102. The molecule has 0 atom stereocenters. The third-order valence-corrected chi connectivity index (χ3v) is 4.34. The van der Waals surface area contributed by atoms with E-state index in [0.29, 0.717) is 28.7 Å². The molecule has 0 aliphatic heterocycles. The molecule has 0 saturated heterocycles. The molecule has 0 radical (unpaired) electrons. The third kappa shape index (κ3) is 4.05. The van der Waals surface area contributed by atoms with E-state index in [9.17, 15) is 4.79 Å². The quantitative estimate of drug-likeness (QED) is 0.734. The monoisotopic (exact) mass is 364 g/mol. The molecule has 6 heteroatoms. The number of pyridine rings is 1. The molecule has 1 N–H and O–H groups in total. The normalized spacial score (nSPS) is 11.5. The van der Waals surface area contributed by atoms with Crippen LogP contribution in [-0.4, -0.2) is 21.0 Å². The van der Waals surface area contributed by atoms with Crippen LogP contribution in [0.2, 0.25) is 0 Å². The average Bonchev–Trinajstić information content (AvgIpc) is 2.99. The van der Waals surface area contributed by atoms with Gasteiger partial charge in [0, 0.05) is 18.2 Å². The van der Waals surface area contributed by atoms with E-state index in [0.717, 1.165) is 11.3 Å². The molecule has 1 amide bonds. The van der Waals surface area contributed by atoms with Crippen LogP contribution in [0.3, 0.4) is 0 Å². The van der Waals surface area contributed by atoms with E-state index in [1.807, 2.05) is 44.2 Å². The Hall–Kier alpha value is -3.02. The molecule has 3 aromatic rings. The van der Waals surface area contributed by atoms with Crippen molar-refractivity contribution in [2.45, 2.75) is 47.0 Å². The number of anilines is 1. The van der Waals surface area contributed by atoms with Gasteiger partial charge in [-0.2, -0.15) is 4.98 Å². The number of amides is 1. The lowest BCUT2D eigenvalue weighted by Gasteiger charge is -2.19. The van der Waals surface area contributed by atoms with Crippen LogP contribution in [0.5, 0.6) is 0 Å². The summed E-state index contributed by atoms with van der Waals surface area (Å²) in [5.74, 6) is 1.07. The van der Waals surface area contributed by atoms with E-state index in [-0.39, 0.29) is 11.3 Å². The Bertz CT molecular complexity index is 982. The highest BCUT2D eigenvalue weighted by molar-refractivity contribution is 6.05. The summed E-state index contributed by atoms with van der Waals surface area (Å²) in [5.41, 5.74) is 4.16. The molecule has 0 spiro atoms. The molecule has 0 aliphatic rings. The summed E-state index contributed by atoms with van der Waals surface area (Å²) in [5, 5.41) is 6.88. The molecule has 27 heavy (non-hydrogen) atoms. The van der Waals surface area contributed by atoms with Crippen LogP contribution in [0.15, 0.2) is 34.9 Å². The molecule has 140 valence electrons. The molecule has 0 saturated carbocycles. The van der Waals surface area contributed by atoms with Crippen LogP contribution in [0.25, 0.3) is 11.4 Å². The molecule has 2 aromatic heterocycles. The molecule has 3 rings (SSSR count). The van der Waals surface area contributed by atoms with Crippen LogP contribution >= 0.6 is 0 Å². The van der Waals surface area contributed by atoms with Gasteiger partial charge in [0.2, 0.25) is 11.7 Å². The van der Waals surface area contributed by atoms with E-state index in [1.54, 1.807) is 6.92 Å². The minimum absolute atomic E-state index is 0.0356. The highest BCUT2D eigenvalue weighted by Gasteiger charge is 2.19. The SMILES string of the molecule is Cc1cc(C)c(-c2noc(C)n2)c(NC(=O)c2ccc(C(C)(C)C)cc2)n1. The Labute approximate surface area is 159 Å². The van der Waals surface area contributed by atoms with Gasteiger partial charge in [-0.25, -0.2) is 4.98 Å². The van der Waals surface area contributed by atoms with Crippen LogP contribution in [0.1, 0.15) is 53.8 Å². The summed E-state index contributed by atoms with van der Waals surface area (Å²) in [4.78, 5) is 21.5. The van der Waals surface area contributed by atoms with Crippen molar-refractivity contribution < 1.29 is 9.32 Å². The predicted molar refractivity (Wildman–Crippen MR) is 105 cm³/mol. The summed E-state index contributed by atoms with van der Waals surface area (Å²) in [6.45, 7) is 12.0. The van der Waals surface area contributed by atoms with E-state index in [2.05, 4.69) is 41.2 Å². The number of carbonyl (C=O) groups is 1. The first-order valence-electron chi connectivity index (χ1n) is 8.86. The predicted octanol–water partition coefficient (Wildman–Crippen LogP) is 4.61. The van der Waals surface area contributed by atoms with Crippen molar-refractivity contribution in [1.82, 2.24) is 15.1 Å². The van der Waals surface area contributed by atoms with E-state index in [1.165, 1.54) is 5.56 Å². The van der Waals surface area contributed by atoms with Gasteiger partial charge in [-0.3, -0.25) is 4.79 Å². The summed E-state index contributed by atoms with van der Waals surface area (Å²) in [6.07, 6.45) is 0. The van der Waals surface area contributed by atoms with Gasteiger partial charge in [0.25, 0.3) is 5.91 Å². The van der Waals surface area contributed by atoms with Gasteiger partial charge < -0.3 is 9.84 Å². The zero-order valence-corrected chi connectivity index (χ0v) is 16.5. The van der Waals surface area contributed by atoms with Crippen molar-refractivity contribution in [2.24, 2.45) is 0 Å². The van der Waals surface area contributed by atoms with Gasteiger partial charge in [0.05, 0.1) is 5.56 Å². The van der Waals surface area contributed by atoms with Gasteiger partial charge in [0.15, 0.2) is 0 Å². The summed E-state index contributed by atoms with van der Waals surface area (Å²) in [6, 6.07) is 9.54. The van der Waals surface area contributed by atoms with Crippen LogP contribution in [0, 0.1) is 20.8 Å². The molecule has 0 unspecified atom stereocenters. The fourth-order valence-corrected chi connectivity index (χ4v) is 2.91. The van der Waals surface area contributed by atoms with E-state index in [4.69, 9.17) is 4.52 Å². The number of hydrogen-bond acceptors (Lipinski definition) is 5. The largest absolute Gasteiger partial charge is 0.339 e. The maximum atomic E-state index is 12.8. The maximum Gasteiger partial charge on any atom is 0.256 e. The number of hydrogen-bond donors (Lipinski definition) is 1. The Morgan fingerprint density at radius 2 is 1.70 bits per heavy atom. The molecular formula is C21H24N4O2. The third-order valence-electron chi connectivity index (χ3n) is 4.34. The highest BCUT2D eigenvalue weighted by atomic mass is 16.5. The zero-order valence-electron chi connectivity index (χ0n) is 16.5. The number of rotatable bonds is 3. The lowest BCUT2D eigenvalue weighted by atomic mass is 9.87. The fourth-order valence-electron chi connectivity index (χ4n) is 2.91. The van der Waals surface area contributed by atoms with Gasteiger partial charge in [-0.1, -0.05) is 38.1 Å². The first-order chi connectivity index (χ1) is 12.6. The maximum absolute atomic E-state index is 12.8. The number of aryl methyl sites for hydroxylation is 3. The van der Waals surface area contributed by atoms with Crippen molar-refractivity contribution in [3.05, 3.63) is 58.6 Å². The average molecular weight is 364 g/mol. The first kappa shape index (κ1) is 18.8. The summed E-state index contributed by atoms with van der Waals surface area (Å²) >= 11 is 0. The Balaban J connectivity index is 1.94. The van der Waals surface area contributed by atoms with Gasteiger partial charge in [-0.05, 0) is 48.6 Å². The van der Waals surface area contributed by atoms with Crippen LogP contribution < -0.4 is 5.32 Å². The number of nitrogens with one attached hydrogen (secondary N) is 1. The minimum Gasteiger partial charge on any atom is -0.339 e. The Morgan fingerprint density at radius 1 is 1.04 bits per heavy atom.